The van der Waals surface area contributed by atoms with Crippen LogP contribution in [-0.2, 0) is 0 Å². The molecule has 0 fully saturated rings. The van der Waals surface area contributed by atoms with Gasteiger partial charge in [-0.15, -0.1) is 0 Å². The first-order valence-electron chi connectivity index (χ1n) is 5.88. The summed E-state index contributed by atoms with van der Waals surface area (Å²) in [5, 5.41) is 3.85. The number of carbonyl (C=O) groups excluding carboxylic acids is 1. The molecule has 0 spiro atoms. The number of ether oxygens (including phenoxy) is 1. The standard InChI is InChI=1S/C14H14N2O3/c1-2-19-13-6-4-3-5-12(13)14(17)16-15-9-11-7-8-18-10-11/h3-10H,2H2,1H3,(H,16,17)/b15-9-. The van der Waals surface area contributed by atoms with Crippen molar-refractivity contribution in [1.82, 2.24) is 5.43 Å². The van der Waals surface area contributed by atoms with Gasteiger partial charge in [-0.05, 0) is 25.1 Å². The normalized spacial score (nSPS) is 10.6. The van der Waals surface area contributed by atoms with Crippen molar-refractivity contribution in [3.05, 3.63) is 54.0 Å². The lowest BCUT2D eigenvalue weighted by atomic mass is 10.2. The third-order valence-electron chi connectivity index (χ3n) is 2.35. The smallest absolute Gasteiger partial charge is 0.275 e. The van der Waals surface area contributed by atoms with Gasteiger partial charge in [0.2, 0.25) is 0 Å². The summed E-state index contributed by atoms with van der Waals surface area (Å²) in [7, 11) is 0. The molecule has 1 amide bonds. The van der Waals surface area contributed by atoms with E-state index in [0.717, 1.165) is 5.56 Å². The molecule has 98 valence electrons. The third kappa shape index (κ3) is 3.45. The van der Waals surface area contributed by atoms with Crippen LogP contribution in [0.5, 0.6) is 5.75 Å². The summed E-state index contributed by atoms with van der Waals surface area (Å²) in [5.41, 5.74) is 3.67. The molecule has 5 heteroatoms. The number of nitrogens with zero attached hydrogens (tertiary/aromatic N) is 1. The minimum absolute atomic E-state index is 0.316. The number of hydrogen-bond donors (Lipinski definition) is 1. The van der Waals surface area contributed by atoms with Crippen molar-refractivity contribution in [3.63, 3.8) is 0 Å². The van der Waals surface area contributed by atoms with Crippen LogP contribution in [0.1, 0.15) is 22.8 Å². The highest BCUT2D eigenvalue weighted by Crippen LogP contribution is 2.17. The van der Waals surface area contributed by atoms with Crippen molar-refractivity contribution in [2.75, 3.05) is 6.61 Å². The molecule has 1 aromatic carbocycles. The van der Waals surface area contributed by atoms with Crippen LogP contribution in [0.4, 0.5) is 0 Å². The van der Waals surface area contributed by atoms with E-state index in [9.17, 15) is 4.79 Å². The molecule has 1 N–H and O–H groups in total. The number of hydrazone groups is 1. The van der Waals surface area contributed by atoms with Gasteiger partial charge in [0.15, 0.2) is 0 Å². The summed E-state index contributed by atoms with van der Waals surface area (Å²) in [6.45, 7) is 2.37. The van der Waals surface area contributed by atoms with Crippen molar-refractivity contribution in [3.8, 4) is 5.75 Å². The van der Waals surface area contributed by atoms with Crippen molar-refractivity contribution < 1.29 is 13.9 Å². The minimum atomic E-state index is -0.316. The predicted octanol–water partition coefficient (Wildman–Crippen LogP) is 2.44. The number of rotatable bonds is 5. The Kier molecular flexibility index (Phi) is 4.34. The average molecular weight is 258 g/mol. The summed E-state index contributed by atoms with van der Waals surface area (Å²) in [4.78, 5) is 11.9. The van der Waals surface area contributed by atoms with Crippen LogP contribution in [0.2, 0.25) is 0 Å². The van der Waals surface area contributed by atoms with E-state index in [1.54, 1.807) is 24.3 Å². The molecule has 19 heavy (non-hydrogen) atoms. The molecular weight excluding hydrogens is 244 g/mol. The highest BCUT2D eigenvalue weighted by molar-refractivity contribution is 5.97. The SMILES string of the molecule is CCOc1ccccc1C(=O)N/N=C\c1ccoc1. The van der Waals surface area contributed by atoms with E-state index in [2.05, 4.69) is 10.5 Å². The Labute approximate surface area is 110 Å². The zero-order valence-corrected chi connectivity index (χ0v) is 10.5. The summed E-state index contributed by atoms with van der Waals surface area (Å²) < 4.78 is 10.3. The van der Waals surface area contributed by atoms with Crippen LogP contribution in [0.3, 0.4) is 0 Å². The van der Waals surface area contributed by atoms with Gasteiger partial charge < -0.3 is 9.15 Å². The number of para-hydroxylation sites is 1. The van der Waals surface area contributed by atoms with Gasteiger partial charge in [-0.25, -0.2) is 5.43 Å². The molecule has 2 aromatic rings. The molecule has 0 saturated carbocycles. The fourth-order valence-corrected chi connectivity index (χ4v) is 1.51. The zero-order valence-electron chi connectivity index (χ0n) is 10.5. The zero-order chi connectivity index (χ0) is 13.5. The lowest BCUT2D eigenvalue weighted by Gasteiger charge is -2.07. The summed E-state index contributed by atoms with van der Waals surface area (Å²) >= 11 is 0. The number of hydrogen-bond acceptors (Lipinski definition) is 4. The third-order valence-corrected chi connectivity index (χ3v) is 2.35. The van der Waals surface area contributed by atoms with E-state index >= 15 is 0 Å². The van der Waals surface area contributed by atoms with Crippen molar-refractivity contribution in [2.45, 2.75) is 6.92 Å². The summed E-state index contributed by atoms with van der Waals surface area (Å²) in [6.07, 6.45) is 4.57. The first-order chi connectivity index (χ1) is 9.31. The number of amides is 1. The van der Waals surface area contributed by atoms with Crippen molar-refractivity contribution in [1.29, 1.82) is 0 Å². The minimum Gasteiger partial charge on any atom is -0.493 e. The Bertz CT molecular complexity index is 562. The van der Waals surface area contributed by atoms with Crippen molar-refractivity contribution in [2.24, 2.45) is 5.10 Å². The Morgan fingerprint density at radius 3 is 3.00 bits per heavy atom. The maximum Gasteiger partial charge on any atom is 0.275 e. The van der Waals surface area contributed by atoms with Gasteiger partial charge in [0.25, 0.3) is 5.91 Å². The van der Waals surface area contributed by atoms with Crippen LogP contribution < -0.4 is 10.2 Å². The first kappa shape index (κ1) is 12.9. The summed E-state index contributed by atoms with van der Waals surface area (Å²) in [6, 6.07) is 8.77. The molecule has 0 saturated heterocycles. The number of benzene rings is 1. The quantitative estimate of drug-likeness (QED) is 0.661. The second kappa shape index (κ2) is 6.39. The van der Waals surface area contributed by atoms with Crippen LogP contribution in [0.25, 0.3) is 0 Å². The van der Waals surface area contributed by atoms with Gasteiger partial charge in [0.1, 0.15) is 5.75 Å². The van der Waals surface area contributed by atoms with Gasteiger partial charge in [-0.1, -0.05) is 12.1 Å². The van der Waals surface area contributed by atoms with Crippen LogP contribution in [0.15, 0.2) is 52.4 Å². The molecule has 2 rings (SSSR count). The van der Waals surface area contributed by atoms with E-state index in [1.807, 2.05) is 13.0 Å². The number of carbonyl (C=O) groups is 1. The molecule has 0 unspecified atom stereocenters. The van der Waals surface area contributed by atoms with E-state index in [-0.39, 0.29) is 5.91 Å². The number of nitrogens with one attached hydrogen (secondary N) is 1. The molecule has 1 aromatic heterocycles. The van der Waals surface area contributed by atoms with E-state index in [0.29, 0.717) is 17.9 Å². The molecule has 0 aliphatic carbocycles. The maximum absolute atomic E-state index is 11.9. The maximum atomic E-state index is 11.9. The molecule has 5 nitrogen and oxygen atoms in total. The van der Waals surface area contributed by atoms with Crippen LogP contribution in [-0.4, -0.2) is 18.7 Å². The lowest BCUT2D eigenvalue weighted by Crippen LogP contribution is -2.18. The fourth-order valence-electron chi connectivity index (χ4n) is 1.51. The molecule has 0 aliphatic rings. The second-order valence-corrected chi connectivity index (χ2v) is 3.68. The van der Waals surface area contributed by atoms with Gasteiger partial charge in [0.05, 0.1) is 30.9 Å². The second-order valence-electron chi connectivity index (χ2n) is 3.68. The van der Waals surface area contributed by atoms with Gasteiger partial charge >= 0.3 is 0 Å². The van der Waals surface area contributed by atoms with Crippen LogP contribution >= 0.6 is 0 Å². The predicted molar refractivity (Wildman–Crippen MR) is 71.4 cm³/mol. The fraction of sp³-hybridized carbons (Fsp3) is 0.143. The molecule has 0 atom stereocenters. The highest BCUT2D eigenvalue weighted by atomic mass is 16.5. The van der Waals surface area contributed by atoms with Gasteiger partial charge in [-0.3, -0.25) is 4.79 Å². The van der Waals surface area contributed by atoms with Crippen LogP contribution in [0, 0.1) is 0 Å². The molecule has 0 radical (unpaired) electrons. The Morgan fingerprint density at radius 2 is 2.26 bits per heavy atom. The Balaban J connectivity index is 2.03. The van der Waals surface area contributed by atoms with Gasteiger partial charge in [0, 0.05) is 5.56 Å². The average Bonchev–Trinajstić information content (AvgIpc) is 2.93. The Morgan fingerprint density at radius 1 is 1.42 bits per heavy atom. The van der Waals surface area contributed by atoms with E-state index < -0.39 is 0 Å². The number of furan rings is 1. The molecule has 1 heterocycles. The summed E-state index contributed by atoms with van der Waals surface area (Å²) in [5.74, 6) is 0.227. The highest BCUT2D eigenvalue weighted by Gasteiger charge is 2.10. The monoisotopic (exact) mass is 258 g/mol. The van der Waals surface area contributed by atoms with E-state index in [4.69, 9.17) is 9.15 Å². The lowest BCUT2D eigenvalue weighted by molar-refractivity contribution is 0.0951. The molecule has 0 bridgehead atoms. The largest absolute Gasteiger partial charge is 0.493 e. The Hall–Kier alpha value is -2.56. The van der Waals surface area contributed by atoms with Gasteiger partial charge in [-0.2, -0.15) is 5.10 Å². The molecular formula is C14H14N2O3. The topological polar surface area (TPSA) is 63.8 Å². The van der Waals surface area contributed by atoms with Crippen molar-refractivity contribution >= 4 is 12.1 Å². The van der Waals surface area contributed by atoms with E-state index in [1.165, 1.54) is 18.7 Å². The first-order valence-corrected chi connectivity index (χ1v) is 5.88. The molecule has 0 aliphatic heterocycles.